The summed E-state index contributed by atoms with van der Waals surface area (Å²) in [4.78, 5) is 33.3. The van der Waals surface area contributed by atoms with E-state index in [9.17, 15) is 9.59 Å². The Morgan fingerprint density at radius 3 is 2.39 bits per heavy atom. The largest absolute Gasteiger partial charge is 0.456 e. The molecule has 1 saturated heterocycles. The van der Waals surface area contributed by atoms with Crippen molar-refractivity contribution in [2.24, 2.45) is 0 Å². The molecule has 3 rings (SSSR count). The van der Waals surface area contributed by atoms with E-state index >= 15 is 0 Å². The quantitative estimate of drug-likeness (QED) is 0.782. The standard InChI is InChI=1S/C21H32N4O3/c1-5-19(26)25-11-9-24(10-12-25)18-14-15(20(27)28-21(2,3)4)13-17(23-18)22-16-7-6-8-16/h13-14,16H,5-12H2,1-4H3,(H,22,23). The van der Waals surface area contributed by atoms with Crippen LogP contribution in [0.25, 0.3) is 0 Å². The number of carbonyl (C=O) groups is 2. The molecule has 1 aromatic heterocycles. The first-order chi connectivity index (χ1) is 13.2. The van der Waals surface area contributed by atoms with Crippen LogP contribution in [0.4, 0.5) is 11.6 Å². The van der Waals surface area contributed by atoms with E-state index < -0.39 is 5.60 Å². The number of amides is 1. The summed E-state index contributed by atoms with van der Waals surface area (Å²) in [5, 5.41) is 3.44. The molecule has 0 atom stereocenters. The fraction of sp³-hybridized carbons (Fsp3) is 0.667. The van der Waals surface area contributed by atoms with Gasteiger partial charge in [0, 0.05) is 38.6 Å². The van der Waals surface area contributed by atoms with E-state index in [1.54, 1.807) is 12.1 Å². The van der Waals surface area contributed by atoms with E-state index in [2.05, 4.69) is 10.2 Å². The topological polar surface area (TPSA) is 74.8 Å². The monoisotopic (exact) mass is 388 g/mol. The molecule has 0 unspecified atom stereocenters. The summed E-state index contributed by atoms with van der Waals surface area (Å²) in [5.74, 6) is 1.32. The van der Waals surface area contributed by atoms with Gasteiger partial charge < -0.3 is 19.9 Å². The van der Waals surface area contributed by atoms with Crippen LogP contribution in [-0.2, 0) is 9.53 Å². The zero-order valence-corrected chi connectivity index (χ0v) is 17.5. The van der Waals surface area contributed by atoms with Gasteiger partial charge in [-0.15, -0.1) is 0 Å². The number of aromatic nitrogens is 1. The Labute approximate surface area is 167 Å². The summed E-state index contributed by atoms with van der Waals surface area (Å²) >= 11 is 0. The minimum absolute atomic E-state index is 0.183. The molecule has 0 spiro atoms. The van der Waals surface area contributed by atoms with Crippen molar-refractivity contribution < 1.29 is 14.3 Å². The highest BCUT2D eigenvalue weighted by Gasteiger charge is 2.25. The molecule has 0 aromatic carbocycles. The van der Waals surface area contributed by atoms with Gasteiger partial charge in [0.15, 0.2) is 0 Å². The van der Waals surface area contributed by atoms with Crippen LogP contribution in [-0.4, -0.2) is 59.6 Å². The van der Waals surface area contributed by atoms with Gasteiger partial charge in [-0.2, -0.15) is 0 Å². The maximum absolute atomic E-state index is 12.6. The molecular formula is C21H32N4O3. The van der Waals surface area contributed by atoms with Gasteiger partial charge in [0.25, 0.3) is 0 Å². The first-order valence-electron chi connectivity index (χ1n) is 10.3. The molecule has 1 amide bonds. The number of hydrogen-bond acceptors (Lipinski definition) is 6. The summed E-state index contributed by atoms with van der Waals surface area (Å²) < 4.78 is 5.56. The Bertz CT molecular complexity index is 717. The minimum atomic E-state index is -0.547. The van der Waals surface area contributed by atoms with Crippen LogP contribution in [0.15, 0.2) is 12.1 Å². The van der Waals surface area contributed by atoms with Crippen LogP contribution in [0.5, 0.6) is 0 Å². The highest BCUT2D eigenvalue weighted by atomic mass is 16.6. The smallest absolute Gasteiger partial charge is 0.338 e. The van der Waals surface area contributed by atoms with Crippen molar-refractivity contribution in [2.75, 3.05) is 36.4 Å². The normalized spacial score (nSPS) is 17.9. The van der Waals surface area contributed by atoms with Crippen molar-refractivity contribution in [3.63, 3.8) is 0 Å². The summed E-state index contributed by atoms with van der Waals surface area (Å²) in [7, 11) is 0. The minimum Gasteiger partial charge on any atom is -0.456 e. The molecule has 154 valence electrons. The Morgan fingerprint density at radius 1 is 1.18 bits per heavy atom. The Balaban J connectivity index is 1.79. The average Bonchev–Trinajstić information content (AvgIpc) is 2.62. The van der Waals surface area contributed by atoms with Gasteiger partial charge in [-0.25, -0.2) is 9.78 Å². The molecule has 1 aliphatic heterocycles. The fourth-order valence-corrected chi connectivity index (χ4v) is 3.38. The SMILES string of the molecule is CCC(=O)N1CCN(c2cc(C(=O)OC(C)(C)C)cc(NC3CCC3)n2)CC1. The van der Waals surface area contributed by atoms with E-state index in [1.165, 1.54) is 6.42 Å². The lowest BCUT2D eigenvalue weighted by atomic mass is 9.93. The van der Waals surface area contributed by atoms with Gasteiger partial charge in [0.2, 0.25) is 5.91 Å². The molecule has 1 aliphatic carbocycles. The molecule has 2 heterocycles. The van der Waals surface area contributed by atoms with Gasteiger partial charge >= 0.3 is 5.97 Å². The van der Waals surface area contributed by atoms with Crippen molar-refractivity contribution in [2.45, 2.75) is 65.0 Å². The van der Waals surface area contributed by atoms with E-state index in [0.717, 1.165) is 24.5 Å². The van der Waals surface area contributed by atoms with Crippen LogP contribution >= 0.6 is 0 Å². The maximum atomic E-state index is 12.6. The molecule has 7 heteroatoms. The third-order valence-electron chi connectivity index (χ3n) is 5.16. The van der Waals surface area contributed by atoms with E-state index in [4.69, 9.17) is 9.72 Å². The highest BCUT2D eigenvalue weighted by molar-refractivity contribution is 5.91. The van der Waals surface area contributed by atoms with Gasteiger partial charge in [-0.3, -0.25) is 4.79 Å². The Hall–Kier alpha value is -2.31. The first kappa shape index (κ1) is 20.4. The number of piperazine rings is 1. The number of nitrogens with one attached hydrogen (secondary N) is 1. The maximum Gasteiger partial charge on any atom is 0.338 e. The third kappa shape index (κ3) is 5.14. The molecule has 1 N–H and O–H groups in total. The molecule has 1 saturated carbocycles. The number of esters is 1. The number of ether oxygens (including phenoxy) is 1. The van der Waals surface area contributed by atoms with Crippen LogP contribution in [0.3, 0.4) is 0 Å². The Kier molecular flexibility index (Phi) is 6.10. The van der Waals surface area contributed by atoms with Gasteiger partial charge in [0.1, 0.15) is 17.2 Å². The molecule has 7 nitrogen and oxygen atoms in total. The third-order valence-corrected chi connectivity index (χ3v) is 5.16. The summed E-state index contributed by atoms with van der Waals surface area (Å²) in [6.45, 7) is 10.3. The summed E-state index contributed by atoms with van der Waals surface area (Å²) in [5.41, 5.74) is -0.0392. The molecule has 2 aliphatic rings. The second-order valence-corrected chi connectivity index (χ2v) is 8.59. The second-order valence-electron chi connectivity index (χ2n) is 8.59. The zero-order valence-electron chi connectivity index (χ0n) is 17.5. The van der Waals surface area contributed by atoms with Crippen molar-refractivity contribution in [1.29, 1.82) is 0 Å². The van der Waals surface area contributed by atoms with Crippen molar-refractivity contribution in [3.8, 4) is 0 Å². The average molecular weight is 389 g/mol. The van der Waals surface area contributed by atoms with E-state index in [0.29, 0.717) is 44.2 Å². The lowest BCUT2D eigenvalue weighted by Crippen LogP contribution is -2.49. The second kappa shape index (κ2) is 8.37. The van der Waals surface area contributed by atoms with Crippen LogP contribution in [0.1, 0.15) is 63.7 Å². The zero-order chi connectivity index (χ0) is 20.3. The predicted octanol–water partition coefficient (Wildman–Crippen LogP) is 3.06. The highest BCUT2D eigenvalue weighted by Crippen LogP contribution is 2.26. The van der Waals surface area contributed by atoms with Crippen LogP contribution in [0.2, 0.25) is 0 Å². The number of carbonyl (C=O) groups excluding carboxylic acids is 2. The van der Waals surface area contributed by atoms with E-state index in [1.807, 2.05) is 32.6 Å². The molecule has 28 heavy (non-hydrogen) atoms. The predicted molar refractivity (Wildman–Crippen MR) is 110 cm³/mol. The van der Waals surface area contributed by atoms with Gasteiger partial charge in [-0.05, 0) is 52.2 Å². The molecule has 2 fully saturated rings. The molecular weight excluding hydrogens is 356 g/mol. The summed E-state index contributed by atoms with van der Waals surface area (Å²) in [6, 6.07) is 4.01. The number of hydrogen-bond donors (Lipinski definition) is 1. The van der Waals surface area contributed by atoms with Gasteiger partial charge in [0.05, 0.1) is 5.56 Å². The van der Waals surface area contributed by atoms with Gasteiger partial charge in [-0.1, -0.05) is 6.92 Å². The number of pyridine rings is 1. The Morgan fingerprint density at radius 2 is 1.86 bits per heavy atom. The van der Waals surface area contributed by atoms with E-state index in [-0.39, 0.29) is 11.9 Å². The number of rotatable bonds is 5. The van der Waals surface area contributed by atoms with Crippen molar-refractivity contribution >= 4 is 23.5 Å². The van der Waals surface area contributed by atoms with Crippen LogP contribution in [0, 0.1) is 0 Å². The lowest BCUT2D eigenvalue weighted by Gasteiger charge is -2.36. The van der Waals surface area contributed by atoms with Crippen LogP contribution < -0.4 is 10.2 Å². The number of nitrogens with zero attached hydrogens (tertiary/aromatic N) is 3. The fourth-order valence-electron chi connectivity index (χ4n) is 3.38. The lowest BCUT2D eigenvalue weighted by molar-refractivity contribution is -0.131. The summed E-state index contributed by atoms with van der Waals surface area (Å²) in [6.07, 6.45) is 4.02. The van der Waals surface area contributed by atoms with Crippen molar-refractivity contribution in [1.82, 2.24) is 9.88 Å². The molecule has 0 bridgehead atoms. The van der Waals surface area contributed by atoms with Crippen molar-refractivity contribution in [3.05, 3.63) is 17.7 Å². The number of anilines is 2. The first-order valence-corrected chi connectivity index (χ1v) is 10.3. The molecule has 0 radical (unpaired) electrons. The molecule has 1 aromatic rings.